The zero-order valence-corrected chi connectivity index (χ0v) is 9.90. The molecule has 0 aliphatic heterocycles. The van der Waals surface area contributed by atoms with Gasteiger partial charge in [0.2, 0.25) is 0 Å². The highest BCUT2D eigenvalue weighted by atomic mass is 19.4. The summed E-state index contributed by atoms with van der Waals surface area (Å²) in [5, 5.41) is 3.18. The lowest BCUT2D eigenvalue weighted by Crippen LogP contribution is -2.38. The van der Waals surface area contributed by atoms with Crippen LogP contribution in [0.3, 0.4) is 0 Å². The number of nitrogens with one attached hydrogen (secondary N) is 1. The molecule has 4 heteroatoms. The van der Waals surface area contributed by atoms with Gasteiger partial charge in [0.05, 0.1) is 5.92 Å². The first kappa shape index (κ1) is 13.6. The van der Waals surface area contributed by atoms with Gasteiger partial charge in [0.25, 0.3) is 0 Å². The van der Waals surface area contributed by atoms with E-state index in [-0.39, 0.29) is 12.5 Å². The van der Waals surface area contributed by atoms with Crippen molar-refractivity contribution >= 4 is 0 Å². The van der Waals surface area contributed by atoms with E-state index in [1.165, 1.54) is 5.57 Å². The lowest BCUT2D eigenvalue weighted by atomic mass is 9.85. The number of hydrogen-bond donors (Lipinski definition) is 1. The Labute approximate surface area is 95.1 Å². The van der Waals surface area contributed by atoms with Crippen LogP contribution in [0.15, 0.2) is 11.6 Å². The van der Waals surface area contributed by atoms with Crippen LogP contribution >= 0.6 is 0 Å². The molecule has 0 aromatic heterocycles. The zero-order chi connectivity index (χ0) is 12.2. The summed E-state index contributed by atoms with van der Waals surface area (Å²) in [6.07, 6.45) is 0.0678. The van der Waals surface area contributed by atoms with Crippen LogP contribution < -0.4 is 5.32 Å². The average molecular weight is 235 g/mol. The number of rotatable bonds is 3. The predicted octanol–water partition coefficient (Wildman–Crippen LogP) is 3.66. The second-order valence-corrected chi connectivity index (χ2v) is 4.79. The molecule has 0 aromatic carbocycles. The van der Waals surface area contributed by atoms with Gasteiger partial charge in [0, 0.05) is 12.6 Å². The summed E-state index contributed by atoms with van der Waals surface area (Å²) in [6, 6.07) is 0.0241. The molecule has 0 aromatic rings. The van der Waals surface area contributed by atoms with Crippen LogP contribution in [0.25, 0.3) is 0 Å². The van der Waals surface area contributed by atoms with Crippen molar-refractivity contribution in [1.82, 2.24) is 5.32 Å². The van der Waals surface area contributed by atoms with E-state index in [1.807, 2.05) is 19.9 Å². The van der Waals surface area contributed by atoms with Gasteiger partial charge in [-0.1, -0.05) is 18.1 Å². The number of halogens is 3. The minimum absolute atomic E-state index is 0.0241. The molecule has 2 unspecified atom stereocenters. The molecule has 0 heterocycles. The molecule has 1 N–H and O–H groups in total. The van der Waals surface area contributed by atoms with E-state index in [1.54, 1.807) is 0 Å². The second-order valence-electron chi connectivity index (χ2n) is 4.79. The lowest BCUT2D eigenvalue weighted by Gasteiger charge is -2.30. The van der Waals surface area contributed by atoms with Crippen LogP contribution in [0.5, 0.6) is 0 Å². The third-order valence-corrected chi connectivity index (χ3v) is 3.05. The third kappa shape index (κ3) is 4.56. The fraction of sp³-hybridized carbons (Fsp3) is 0.833. The Balaban J connectivity index is 2.36. The topological polar surface area (TPSA) is 12.0 Å². The first-order valence-electron chi connectivity index (χ1n) is 5.83. The Morgan fingerprint density at radius 1 is 1.31 bits per heavy atom. The van der Waals surface area contributed by atoms with Crippen molar-refractivity contribution in [1.29, 1.82) is 0 Å². The summed E-state index contributed by atoms with van der Waals surface area (Å²) in [6.45, 7) is 4.65. The predicted molar refractivity (Wildman–Crippen MR) is 59.2 cm³/mol. The van der Waals surface area contributed by atoms with Crippen LogP contribution in [0, 0.1) is 5.92 Å². The van der Waals surface area contributed by atoms with Crippen molar-refractivity contribution < 1.29 is 13.2 Å². The van der Waals surface area contributed by atoms with Gasteiger partial charge in [-0.3, -0.25) is 0 Å². The van der Waals surface area contributed by atoms with E-state index in [9.17, 15) is 13.2 Å². The summed E-state index contributed by atoms with van der Waals surface area (Å²) in [4.78, 5) is 0. The van der Waals surface area contributed by atoms with E-state index >= 15 is 0 Å². The largest absolute Gasteiger partial charge is 0.391 e. The van der Waals surface area contributed by atoms with Crippen LogP contribution in [-0.4, -0.2) is 18.8 Å². The quantitative estimate of drug-likeness (QED) is 0.736. The van der Waals surface area contributed by atoms with E-state index in [0.717, 1.165) is 6.42 Å². The smallest absolute Gasteiger partial charge is 0.311 e. The van der Waals surface area contributed by atoms with Gasteiger partial charge >= 0.3 is 6.18 Å². The van der Waals surface area contributed by atoms with Crippen molar-refractivity contribution in [3.63, 3.8) is 0 Å². The Hall–Kier alpha value is -0.510. The molecule has 0 amide bonds. The maximum atomic E-state index is 12.5. The van der Waals surface area contributed by atoms with Gasteiger partial charge in [-0.25, -0.2) is 0 Å². The molecule has 1 rings (SSSR count). The van der Waals surface area contributed by atoms with Gasteiger partial charge in [-0.2, -0.15) is 13.2 Å². The normalized spacial score (nSPS) is 26.6. The molecular weight excluding hydrogens is 215 g/mol. The first-order valence-corrected chi connectivity index (χ1v) is 5.83. The third-order valence-electron chi connectivity index (χ3n) is 3.05. The Bertz CT molecular complexity index is 241. The number of allylic oxidation sites excluding steroid dienone is 1. The van der Waals surface area contributed by atoms with Gasteiger partial charge in [0.15, 0.2) is 0 Å². The molecule has 0 spiro atoms. The summed E-state index contributed by atoms with van der Waals surface area (Å²) >= 11 is 0. The SMILES string of the molecule is CC(C)=CCNC1CCCC(C(F)(F)F)C1. The highest BCUT2D eigenvalue weighted by Gasteiger charge is 2.41. The molecule has 1 aliphatic carbocycles. The average Bonchev–Trinajstić information content (AvgIpc) is 2.16. The van der Waals surface area contributed by atoms with Crippen LogP contribution in [0.4, 0.5) is 13.2 Å². The van der Waals surface area contributed by atoms with Crippen molar-refractivity contribution in [2.24, 2.45) is 5.92 Å². The summed E-state index contributed by atoms with van der Waals surface area (Å²) in [5.74, 6) is -1.11. The van der Waals surface area contributed by atoms with Gasteiger partial charge in [-0.15, -0.1) is 0 Å². The molecular formula is C12H20F3N. The fourth-order valence-corrected chi connectivity index (χ4v) is 2.10. The highest BCUT2D eigenvalue weighted by Crippen LogP contribution is 2.37. The Kier molecular flexibility index (Phi) is 4.84. The van der Waals surface area contributed by atoms with Crippen LogP contribution in [-0.2, 0) is 0 Å². The molecule has 1 nitrogen and oxygen atoms in total. The Morgan fingerprint density at radius 3 is 2.56 bits per heavy atom. The molecule has 0 bridgehead atoms. The molecule has 94 valence electrons. The fourth-order valence-electron chi connectivity index (χ4n) is 2.10. The lowest BCUT2D eigenvalue weighted by molar-refractivity contribution is -0.183. The zero-order valence-electron chi connectivity index (χ0n) is 9.90. The van der Waals surface area contributed by atoms with Crippen LogP contribution in [0.2, 0.25) is 0 Å². The first-order chi connectivity index (χ1) is 7.39. The van der Waals surface area contributed by atoms with Gasteiger partial charge < -0.3 is 5.32 Å². The van der Waals surface area contributed by atoms with E-state index in [2.05, 4.69) is 5.32 Å². The molecule has 1 fully saturated rings. The monoisotopic (exact) mass is 235 g/mol. The minimum atomic E-state index is -4.02. The van der Waals surface area contributed by atoms with Crippen molar-refractivity contribution in [3.8, 4) is 0 Å². The maximum Gasteiger partial charge on any atom is 0.391 e. The number of alkyl halides is 3. The molecule has 1 aliphatic rings. The summed E-state index contributed by atoms with van der Waals surface area (Å²) in [5.41, 5.74) is 1.19. The summed E-state index contributed by atoms with van der Waals surface area (Å²) in [7, 11) is 0. The molecule has 2 atom stereocenters. The highest BCUT2D eigenvalue weighted by molar-refractivity contribution is 4.95. The van der Waals surface area contributed by atoms with Crippen molar-refractivity contribution in [3.05, 3.63) is 11.6 Å². The standard InChI is InChI=1S/C12H20F3N/c1-9(2)6-7-16-11-5-3-4-10(8-11)12(13,14)15/h6,10-11,16H,3-5,7-8H2,1-2H3. The van der Waals surface area contributed by atoms with Crippen LogP contribution in [0.1, 0.15) is 39.5 Å². The minimum Gasteiger partial charge on any atom is -0.311 e. The Morgan fingerprint density at radius 2 is 2.00 bits per heavy atom. The maximum absolute atomic E-state index is 12.5. The van der Waals surface area contributed by atoms with E-state index in [4.69, 9.17) is 0 Å². The second kappa shape index (κ2) is 5.71. The van der Waals surface area contributed by atoms with E-state index in [0.29, 0.717) is 19.4 Å². The molecule has 0 saturated heterocycles. The van der Waals surface area contributed by atoms with Crippen molar-refractivity contribution in [2.75, 3.05) is 6.54 Å². The van der Waals surface area contributed by atoms with Crippen molar-refractivity contribution in [2.45, 2.75) is 51.7 Å². The van der Waals surface area contributed by atoms with E-state index < -0.39 is 12.1 Å². The molecule has 1 saturated carbocycles. The van der Waals surface area contributed by atoms with Gasteiger partial charge in [0.1, 0.15) is 0 Å². The molecule has 0 radical (unpaired) electrons. The number of hydrogen-bond acceptors (Lipinski definition) is 1. The molecule has 16 heavy (non-hydrogen) atoms. The van der Waals surface area contributed by atoms with Gasteiger partial charge in [-0.05, 0) is 33.1 Å². The summed E-state index contributed by atoms with van der Waals surface area (Å²) < 4.78 is 37.6.